The number of carbonyl (C=O) groups is 1. The number of rotatable bonds is 7. The van der Waals surface area contributed by atoms with E-state index in [2.05, 4.69) is 5.32 Å². The van der Waals surface area contributed by atoms with E-state index in [-0.39, 0.29) is 18.1 Å². The van der Waals surface area contributed by atoms with Gasteiger partial charge in [-0.2, -0.15) is 0 Å². The van der Waals surface area contributed by atoms with Crippen LogP contribution >= 0.6 is 0 Å². The molecule has 1 fully saturated rings. The molecule has 0 aliphatic heterocycles. The molecule has 0 bridgehead atoms. The van der Waals surface area contributed by atoms with Crippen LogP contribution in [0.2, 0.25) is 0 Å². The molecule has 0 saturated heterocycles. The van der Waals surface area contributed by atoms with E-state index in [4.69, 9.17) is 4.74 Å². The van der Waals surface area contributed by atoms with Crippen molar-refractivity contribution < 1.29 is 14.6 Å². The summed E-state index contributed by atoms with van der Waals surface area (Å²) in [5.74, 6) is 1.07. The van der Waals surface area contributed by atoms with Crippen LogP contribution < -0.4 is 10.1 Å². The van der Waals surface area contributed by atoms with Crippen molar-refractivity contribution >= 4 is 6.03 Å². The van der Waals surface area contributed by atoms with E-state index in [0.717, 1.165) is 43.4 Å². The number of hydrogen-bond donors (Lipinski definition) is 2. The molecule has 2 atom stereocenters. The van der Waals surface area contributed by atoms with E-state index in [1.54, 1.807) is 11.9 Å². The third-order valence-electron chi connectivity index (χ3n) is 4.62. The lowest BCUT2D eigenvalue weighted by Crippen LogP contribution is -2.43. The Morgan fingerprint density at radius 2 is 2.17 bits per heavy atom. The van der Waals surface area contributed by atoms with Gasteiger partial charge in [-0.25, -0.2) is 4.79 Å². The van der Waals surface area contributed by atoms with Crippen LogP contribution in [0.5, 0.6) is 5.75 Å². The summed E-state index contributed by atoms with van der Waals surface area (Å²) in [6.45, 7) is 3.82. The van der Waals surface area contributed by atoms with Gasteiger partial charge < -0.3 is 20.1 Å². The van der Waals surface area contributed by atoms with Crippen LogP contribution in [0.25, 0.3) is 0 Å². The van der Waals surface area contributed by atoms with Crippen LogP contribution in [0, 0.1) is 5.92 Å². The summed E-state index contributed by atoms with van der Waals surface area (Å²) in [5.41, 5.74) is 1.15. The number of nitrogens with zero attached hydrogens (tertiary/aromatic N) is 1. The van der Waals surface area contributed by atoms with Gasteiger partial charge in [0, 0.05) is 26.1 Å². The van der Waals surface area contributed by atoms with E-state index in [1.807, 2.05) is 31.2 Å². The number of carbonyl (C=O) groups excluding carboxylic acids is 1. The number of amides is 2. The molecule has 2 amide bonds. The summed E-state index contributed by atoms with van der Waals surface area (Å²) in [6.07, 6.45) is 4.60. The van der Waals surface area contributed by atoms with Crippen LogP contribution in [-0.4, -0.2) is 48.9 Å². The Hall–Kier alpha value is -1.75. The van der Waals surface area contributed by atoms with E-state index in [9.17, 15) is 9.90 Å². The van der Waals surface area contributed by atoms with Crippen LogP contribution in [0.3, 0.4) is 0 Å². The minimum absolute atomic E-state index is 0.0752. The van der Waals surface area contributed by atoms with Gasteiger partial charge in [0.2, 0.25) is 0 Å². The van der Waals surface area contributed by atoms with E-state index in [0.29, 0.717) is 19.7 Å². The summed E-state index contributed by atoms with van der Waals surface area (Å²) in [5, 5.41) is 13.0. The maximum Gasteiger partial charge on any atom is 0.317 e. The van der Waals surface area contributed by atoms with Gasteiger partial charge in [0.15, 0.2) is 0 Å². The first-order valence-corrected chi connectivity index (χ1v) is 8.99. The second-order valence-corrected chi connectivity index (χ2v) is 6.55. The Balaban J connectivity index is 1.73. The first-order valence-electron chi connectivity index (χ1n) is 8.99. The average molecular weight is 334 g/mol. The Labute approximate surface area is 145 Å². The van der Waals surface area contributed by atoms with Gasteiger partial charge in [-0.3, -0.25) is 0 Å². The Kier molecular flexibility index (Phi) is 7.37. The molecule has 24 heavy (non-hydrogen) atoms. The quantitative estimate of drug-likeness (QED) is 0.806. The van der Waals surface area contributed by atoms with Gasteiger partial charge in [0.1, 0.15) is 5.75 Å². The standard InChI is InChI=1S/C19H30N2O3/c1-3-24-17-9-6-7-15(13-17)11-12-20-19(23)21(2)14-16-8-4-5-10-18(16)22/h6-7,9,13,16,18,22H,3-5,8,10-12,14H2,1-2H3,(H,20,23). The smallest absolute Gasteiger partial charge is 0.317 e. The van der Waals surface area contributed by atoms with Crippen LogP contribution in [-0.2, 0) is 6.42 Å². The van der Waals surface area contributed by atoms with Gasteiger partial charge >= 0.3 is 6.03 Å². The molecular weight excluding hydrogens is 304 g/mol. The topological polar surface area (TPSA) is 61.8 Å². The lowest BCUT2D eigenvalue weighted by Gasteiger charge is -2.31. The summed E-state index contributed by atoms with van der Waals surface area (Å²) in [7, 11) is 1.80. The highest BCUT2D eigenvalue weighted by Gasteiger charge is 2.25. The van der Waals surface area contributed by atoms with Crippen LogP contribution in [0.15, 0.2) is 24.3 Å². The third kappa shape index (κ3) is 5.71. The van der Waals surface area contributed by atoms with E-state index >= 15 is 0 Å². The molecule has 5 heteroatoms. The molecule has 1 aromatic carbocycles. The van der Waals surface area contributed by atoms with Crippen molar-refractivity contribution in [3.05, 3.63) is 29.8 Å². The lowest BCUT2D eigenvalue weighted by atomic mass is 9.86. The number of nitrogens with one attached hydrogen (secondary N) is 1. The molecular formula is C19H30N2O3. The molecule has 134 valence electrons. The zero-order chi connectivity index (χ0) is 17.4. The molecule has 2 rings (SSSR count). The highest BCUT2D eigenvalue weighted by molar-refractivity contribution is 5.73. The van der Waals surface area contributed by atoms with Gasteiger partial charge in [-0.1, -0.05) is 25.0 Å². The monoisotopic (exact) mass is 334 g/mol. The SMILES string of the molecule is CCOc1cccc(CCNC(=O)N(C)CC2CCCCC2O)c1. The number of ether oxygens (including phenoxy) is 1. The summed E-state index contributed by atoms with van der Waals surface area (Å²) < 4.78 is 5.49. The summed E-state index contributed by atoms with van der Waals surface area (Å²) >= 11 is 0. The Bertz CT molecular complexity index is 521. The fourth-order valence-corrected chi connectivity index (χ4v) is 3.24. The Morgan fingerprint density at radius 1 is 1.38 bits per heavy atom. The average Bonchev–Trinajstić information content (AvgIpc) is 2.57. The second-order valence-electron chi connectivity index (χ2n) is 6.55. The van der Waals surface area contributed by atoms with Crippen molar-refractivity contribution in [1.29, 1.82) is 0 Å². The van der Waals surface area contributed by atoms with Crippen molar-refractivity contribution in [2.45, 2.75) is 45.1 Å². The molecule has 1 saturated carbocycles. The van der Waals surface area contributed by atoms with Crippen molar-refractivity contribution in [2.75, 3.05) is 26.7 Å². The second kappa shape index (κ2) is 9.52. The number of hydrogen-bond acceptors (Lipinski definition) is 3. The number of aliphatic hydroxyl groups excluding tert-OH is 1. The highest BCUT2D eigenvalue weighted by Crippen LogP contribution is 2.24. The predicted octanol–water partition coefficient (Wildman–Crippen LogP) is 2.82. The summed E-state index contributed by atoms with van der Waals surface area (Å²) in [4.78, 5) is 13.9. The molecule has 2 N–H and O–H groups in total. The van der Waals surface area contributed by atoms with Crippen molar-refractivity contribution in [3.8, 4) is 5.75 Å². The van der Waals surface area contributed by atoms with Crippen LogP contribution in [0.4, 0.5) is 4.79 Å². The summed E-state index contributed by atoms with van der Waals surface area (Å²) in [6, 6.07) is 7.89. The fraction of sp³-hybridized carbons (Fsp3) is 0.632. The zero-order valence-corrected chi connectivity index (χ0v) is 14.8. The number of urea groups is 1. The normalized spacial score (nSPS) is 20.5. The third-order valence-corrected chi connectivity index (χ3v) is 4.62. The molecule has 1 aliphatic carbocycles. The van der Waals surface area contributed by atoms with Crippen molar-refractivity contribution in [1.82, 2.24) is 10.2 Å². The first-order chi connectivity index (χ1) is 11.6. The number of benzene rings is 1. The molecule has 1 aliphatic rings. The molecule has 0 spiro atoms. The minimum atomic E-state index is -0.268. The maximum atomic E-state index is 12.2. The molecule has 1 aromatic rings. The highest BCUT2D eigenvalue weighted by atomic mass is 16.5. The zero-order valence-electron chi connectivity index (χ0n) is 14.8. The molecule has 5 nitrogen and oxygen atoms in total. The molecule has 0 heterocycles. The van der Waals surface area contributed by atoms with Gasteiger partial charge in [-0.05, 0) is 43.9 Å². The van der Waals surface area contributed by atoms with Crippen molar-refractivity contribution in [2.24, 2.45) is 5.92 Å². The first kappa shape index (κ1) is 18.6. The molecule has 0 aromatic heterocycles. The fourth-order valence-electron chi connectivity index (χ4n) is 3.24. The Morgan fingerprint density at radius 3 is 2.92 bits per heavy atom. The molecule has 0 radical (unpaired) electrons. The lowest BCUT2D eigenvalue weighted by molar-refractivity contribution is 0.0565. The predicted molar refractivity (Wildman–Crippen MR) is 95.3 cm³/mol. The van der Waals surface area contributed by atoms with Gasteiger partial charge in [0.25, 0.3) is 0 Å². The van der Waals surface area contributed by atoms with E-state index < -0.39 is 0 Å². The largest absolute Gasteiger partial charge is 0.494 e. The van der Waals surface area contributed by atoms with Crippen molar-refractivity contribution in [3.63, 3.8) is 0 Å². The maximum absolute atomic E-state index is 12.2. The van der Waals surface area contributed by atoms with Crippen LogP contribution in [0.1, 0.15) is 38.2 Å². The number of aliphatic hydroxyl groups is 1. The molecule has 2 unspecified atom stereocenters. The minimum Gasteiger partial charge on any atom is -0.494 e. The van der Waals surface area contributed by atoms with Gasteiger partial charge in [0.05, 0.1) is 12.7 Å². The van der Waals surface area contributed by atoms with Gasteiger partial charge in [-0.15, -0.1) is 0 Å². The van der Waals surface area contributed by atoms with E-state index in [1.165, 1.54) is 0 Å².